The lowest BCUT2D eigenvalue weighted by molar-refractivity contribution is -0.384. The molecule has 0 aliphatic carbocycles. The SMILES string of the molecule is Cc1ccc([N+](=O)[O-])cc1N(CC(=O)N(Cc1ccc(Cl)c(Cl)c1)[C@H](Cc1ccccc1)C(=O)NC(C)(C)C)S(C)(=O)=O. The Labute approximate surface area is 261 Å². The highest BCUT2D eigenvalue weighted by atomic mass is 35.5. The largest absolute Gasteiger partial charge is 0.350 e. The monoisotopic (exact) mass is 648 g/mol. The van der Waals surface area contributed by atoms with Gasteiger partial charge in [-0.25, -0.2) is 8.42 Å². The van der Waals surface area contributed by atoms with E-state index in [1.54, 1.807) is 25.1 Å². The van der Waals surface area contributed by atoms with Gasteiger partial charge < -0.3 is 10.2 Å². The minimum Gasteiger partial charge on any atom is -0.350 e. The highest BCUT2D eigenvalue weighted by Crippen LogP contribution is 2.29. The van der Waals surface area contributed by atoms with Crippen LogP contribution in [-0.4, -0.2) is 54.4 Å². The Morgan fingerprint density at radius 2 is 1.63 bits per heavy atom. The molecule has 1 N–H and O–H groups in total. The first kappa shape index (κ1) is 33.8. The molecule has 230 valence electrons. The summed E-state index contributed by atoms with van der Waals surface area (Å²) in [5.74, 6) is -1.14. The van der Waals surface area contributed by atoms with Crippen molar-refractivity contribution in [2.75, 3.05) is 17.1 Å². The summed E-state index contributed by atoms with van der Waals surface area (Å²) < 4.78 is 26.9. The standard InChI is InChI=1S/C30H34Cl2N4O6S/c1-20-11-13-23(36(39)40)17-26(20)35(43(5,41)42)19-28(37)34(18-22-12-14-24(31)25(32)15-22)27(29(38)33-30(2,3)4)16-21-9-7-6-8-10-21/h6-15,17,27H,16,18-19H2,1-5H3,(H,33,38)/t27-/m1/s1. The zero-order valence-corrected chi connectivity index (χ0v) is 26.8. The Morgan fingerprint density at radius 1 is 0.977 bits per heavy atom. The maximum absolute atomic E-state index is 14.2. The highest BCUT2D eigenvalue weighted by Gasteiger charge is 2.35. The lowest BCUT2D eigenvalue weighted by Gasteiger charge is -2.35. The molecular formula is C30H34Cl2N4O6S. The molecule has 0 bridgehead atoms. The van der Waals surface area contributed by atoms with Gasteiger partial charge in [0.25, 0.3) is 5.69 Å². The van der Waals surface area contributed by atoms with Gasteiger partial charge in [0.1, 0.15) is 12.6 Å². The van der Waals surface area contributed by atoms with Crippen LogP contribution in [0.15, 0.2) is 66.7 Å². The summed E-state index contributed by atoms with van der Waals surface area (Å²) in [5.41, 5.74) is 0.758. The van der Waals surface area contributed by atoms with Crippen molar-refractivity contribution in [1.29, 1.82) is 0 Å². The zero-order valence-electron chi connectivity index (χ0n) is 24.5. The highest BCUT2D eigenvalue weighted by molar-refractivity contribution is 7.92. The molecule has 3 aromatic carbocycles. The van der Waals surface area contributed by atoms with Crippen molar-refractivity contribution in [2.45, 2.75) is 52.2 Å². The average Bonchev–Trinajstić information content (AvgIpc) is 2.90. The number of halogens is 2. The van der Waals surface area contributed by atoms with Gasteiger partial charge >= 0.3 is 0 Å². The Bertz CT molecular complexity index is 1610. The van der Waals surface area contributed by atoms with Gasteiger partial charge in [-0.05, 0) is 56.5 Å². The number of nitro groups is 1. The molecule has 10 nitrogen and oxygen atoms in total. The van der Waals surface area contributed by atoms with Gasteiger partial charge in [-0.2, -0.15) is 0 Å². The smallest absolute Gasteiger partial charge is 0.271 e. The molecule has 13 heteroatoms. The van der Waals surface area contributed by atoms with Crippen LogP contribution in [0.3, 0.4) is 0 Å². The first-order valence-corrected chi connectivity index (χ1v) is 15.9. The minimum atomic E-state index is -4.11. The summed E-state index contributed by atoms with van der Waals surface area (Å²) in [5, 5.41) is 15.0. The molecule has 0 saturated heterocycles. The first-order chi connectivity index (χ1) is 20.0. The van der Waals surface area contributed by atoms with Gasteiger partial charge in [0.2, 0.25) is 21.8 Å². The molecule has 0 unspecified atom stereocenters. The Kier molecular flexibility index (Phi) is 10.8. The van der Waals surface area contributed by atoms with Crippen molar-refractivity contribution in [3.05, 3.63) is 104 Å². The first-order valence-electron chi connectivity index (χ1n) is 13.3. The predicted molar refractivity (Wildman–Crippen MR) is 169 cm³/mol. The number of amides is 2. The number of hydrogen-bond donors (Lipinski definition) is 1. The third-order valence-corrected chi connectivity index (χ3v) is 8.32. The molecule has 0 spiro atoms. The third-order valence-electron chi connectivity index (χ3n) is 6.46. The maximum atomic E-state index is 14.2. The summed E-state index contributed by atoms with van der Waals surface area (Å²) >= 11 is 12.4. The van der Waals surface area contributed by atoms with E-state index in [-0.39, 0.29) is 29.4 Å². The van der Waals surface area contributed by atoms with Crippen LogP contribution in [0.4, 0.5) is 11.4 Å². The van der Waals surface area contributed by atoms with Gasteiger partial charge in [-0.3, -0.25) is 24.0 Å². The molecular weight excluding hydrogens is 615 g/mol. The van der Waals surface area contributed by atoms with E-state index in [1.807, 2.05) is 51.1 Å². The van der Waals surface area contributed by atoms with Crippen molar-refractivity contribution in [2.24, 2.45) is 0 Å². The molecule has 0 heterocycles. The molecule has 0 aromatic heterocycles. The summed E-state index contributed by atoms with van der Waals surface area (Å²) in [7, 11) is -4.11. The van der Waals surface area contributed by atoms with Crippen LogP contribution in [0.2, 0.25) is 10.0 Å². The minimum absolute atomic E-state index is 0.0155. The molecule has 3 aromatic rings. The van der Waals surface area contributed by atoms with Crippen molar-refractivity contribution in [1.82, 2.24) is 10.2 Å². The average molecular weight is 650 g/mol. The second-order valence-corrected chi connectivity index (χ2v) is 13.9. The van der Waals surface area contributed by atoms with Crippen molar-refractivity contribution < 1.29 is 22.9 Å². The second kappa shape index (κ2) is 13.7. The van der Waals surface area contributed by atoms with Gasteiger partial charge in [0.05, 0.1) is 26.9 Å². The molecule has 0 fully saturated rings. The van der Waals surface area contributed by atoms with Gasteiger partial charge in [0.15, 0.2) is 0 Å². The van der Waals surface area contributed by atoms with Gasteiger partial charge in [-0.1, -0.05) is 65.7 Å². The number of nitrogens with one attached hydrogen (secondary N) is 1. The third kappa shape index (κ3) is 9.41. The number of anilines is 1. The van der Waals surface area contributed by atoms with Crippen molar-refractivity contribution in [3.8, 4) is 0 Å². The summed E-state index contributed by atoms with van der Waals surface area (Å²) in [6.07, 6.45) is 1.04. The number of carbonyl (C=O) groups is 2. The molecule has 3 rings (SSSR count). The number of non-ortho nitro benzene ring substituents is 1. The lowest BCUT2D eigenvalue weighted by atomic mass is 10.0. The quantitative estimate of drug-likeness (QED) is 0.215. The van der Waals surface area contributed by atoms with E-state index in [4.69, 9.17) is 23.2 Å². The molecule has 0 aliphatic heterocycles. The summed E-state index contributed by atoms with van der Waals surface area (Å²) in [6, 6.07) is 16.6. The van der Waals surface area contributed by atoms with Crippen molar-refractivity contribution in [3.63, 3.8) is 0 Å². The van der Waals surface area contributed by atoms with Crippen LogP contribution in [0.5, 0.6) is 0 Å². The number of rotatable bonds is 11. The summed E-state index contributed by atoms with van der Waals surface area (Å²) in [6.45, 7) is 6.21. The van der Waals surface area contributed by atoms with Crippen LogP contribution in [-0.2, 0) is 32.6 Å². The normalized spacial score (nSPS) is 12.3. The fourth-order valence-electron chi connectivity index (χ4n) is 4.42. The van der Waals surface area contributed by atoms with Gasteiger partial charge in [0, 0.05) is 30.6 Å². The maximum Gasteiger partial charge on any atom is 0.271 e. The van der Waals surface area contributed by atoms with Crippen LogP contribution >= 0.6 is 23.2 Å². The molecule has 0 saturated carbocycles. The lowest BCUT2D eigenvalue weighted by Crippen LogP contribution is -2.56. The number of sulfonamides is 1. The molecule has 1 atom stereocenters. The van der Waals surface area contributed by atoms with E-state index in [0.29, 0.717) is 16.1 Å². The molecule has 2 amide bonds. The van der Waals surface area contributed by atoms with E-state index in [9.17, 15) is 28.1 Å². The Morgan fingerprint density at radius 3 is 2.19 bits per heavy atom. The van der Waals surface area contributed by atoms with Crippen LogP contribution < -0.4 is 9.62 Å². The second-order valence-electron chi connectivity index (χ2n) is 11.2. The number of nitro benzene ring substituents is 1. The number of carbonyl (C=O) groups excluding carboxylic acids is 2. The van der Waals surface area contributed by atoms with Gasteiger partial charge in [-0.15, -0.1) is 0 Å². The number of aryl methyl sites for hydroxylation is 1. The summed E-state index contributed by atoms with van der Waals surface area (Å²) in [4.78, 5) is 40.1. The molecule has 0 radical (unpaired) electrons. The Balaban J connectivity index is 2.14. The van der Waals surface area contributed by atoms with E-state index in [2.05, 4.69) is 5.32 Å². The number of nitrogens with zero attached hydrogens (tertiary/aromatic N) is 3. The number of benzene rings is 3. The van der Waals surface area contributed by atoms with Crippen LogP contribution in [0.1, 0.15) is 37.5 Å². The van der Waals surface area contributed by atoms with Crippen LogP contribution in [0.25, 0.3) is 0 Å². The van der Waals surface area contributed by atoms with E-state index < -0.39 is 44.9 Å². The fourth-order valence-corrected chi connectivity index (χ4v) is 5.64. The fraction of sp³-hybridized carbons (Fsp3) is 0.333. The zero-order chi connectivity index (χ0) is 32.1. The van der Waals surface area contributed by atoms with Crippen molar-refractivity contribution >= 4 is 56.4 Å². The molecule has 43 heavy (non-hydrogen) atoms. The molecule has 0 aliphatic rings. The predicted octanol–water partition coefficient (Wildman–Crippen LogP) is 5.53. The number of hydrogen-bond acceptors (Lipinski definition) is 6. The topological polar surface area (TPSA) is 130 Å². The van der Waals surface area contributed by atoms with E-state index in [0.717, 1.165) is 22.2 Å². The van der Waals surface area contributed by atoms with E-state index in [1.165, 1.54) is 17.0 Å². The van der Waals surface area contributed by atoms with E-state index >= 15 is 0 Å². The Hall–Kier alpha value is -3.67. The van der Waals surface area contributed by atoms with Crippen LogP contribution in [0, 0.1) is 17.0 Å².